The predicted octanol–water partition coefficient (Wildman–Crippen LogP) is 3.19. The quantitative estimate of drug-likeness (QED) is 0.740. The van der Waals surface area contributed by atoms with E-state index >= 15 is 0 Å². The Morgan fingerprint density at radius 3 is 3.06 bits per heavy atom. The first-order valence-corrected chi connectivity index (χ1v) is 6.35. The van der Waals surface area contributed by atoms with Gasteiger partial charge in [-0.25, -0.2) is 4.98 Å². The molecule has 1 amide bonds. The van der Waals surface area contributed by atoms with E-state index in [-0.39, 0.29) is 5.91 Å². The maximum atomic E-state index is 12.0. The van der Waals surface area contributed by atoms with Crippen molar-refractivity contribution in [3.05, 3.63) is 47.1 Å². The zero-order valence-corrected chi connectivity index (χ0v) is 10.5. The second-order valence-corrected chi connectivity index (χ2v) is 5.24. The zero-order valence-electron chi connectivity index (χ0n) is 9.73. The van der Waals surface area contributed by atoms with Crippen molar-refractivity contribution in [1.82, 2.24) is 9.97 Å². The van der Waals surface area contributed by atoms with Crippen molar-refractivity contribution in [2.45, 2.75) is 6.92 Å². The molecule has 0 atom stereocenters. The first-order chi connectivity index (χ1) is 8.72. The van der Waals surface area contributed by atoms with Crippen LogP contribution in [0.15, 0.2) is 36.7 Å². The number of nitrogens with zero attached hydrogens (tertiary/aromatic N) is 1. The van der Waals surface area contributed by atoms with Crippen LogP contribution in [-0.4, -0.2) is 15.9 Å². The molecule has 0 bridgehead atoms. The monoisotopic (exact) mass is 257 g/mol. The van der Waals surface area contributed by atoms with Crippen LogP contribution >= 0.6 is 11.3 Å². The van der Waals surface area contributed by atoms with Crippen LogP contribution in [0.3, 0.4) is 0 Å². The van der Waals surface area contributed by atoms with Crippen molar-refractivity contribution in [1.29, 1.82) is 0 Å². The number of nitrogens with one attached hydrogen (secondary N) is 2. The van der Waals surface area contributed by atoms with E-state index < -0.39 is 0 Å². The molecule has 0 aliphatic rings. The minimum absolute atomic E-state index is 0.132. The second-order valence-electron chi connectivity index (χ2n) is 4.01. The smallest absolute Gasteiger partial charge is 0.257 e. The van der Waals surface area contributed by atoms with Gasteiger partial charge >= 0.3 is 0 Å². The number of carbonyl (C=O) groups is 1. The third-order valence-corrected chi connectivity index (χ3v) is 3.49. The fraction of sp³-hybridized carbons (Fsp3) is 0.0769. The number of rotatable bonds is 2. The van der Waals surface area contributed by atoms with Gasteiger partial charge in [0, 0.05) is 33.7 Å². The molecule has 0 aliphatic carbocycles. The molecule has 1 aromatic carbocycles. The Morgan fingerprint density at radius 2 is 2.28 bits per heavy atom. The lowest BCUT2D eigenvalue weighted by Gasteiger charge is -2.01. The van der Waals surface area contributed by atoms with Gasteiger partial charge in [-0.05, 0) is 31.2 Å². The van der Waals surface area contributed by atoms with Crippen molar-refractivity contribution in [3.8, 4) is 0 Å². The van der Waals surface area contributed by atoms with Gasteiger partial charge in [0.25, 0.3) is 5.91 Å². The lowest BCUT2D eigenvalue weighted by Crippen LogP contribution is -2.11. The van der Waals surface area contributed by atoms with Gasteiger partial charge in [0.2, 0.25) is 0 Å². The number of amides is 1. The summed E-state index contributed by atoms with van der Waals surface area (Å²) in [6.07, 6.45) is 3.60. The highest BCUT2D eigenvalue weighted by molar-refractivity contribution is 7.15. The van der Waals surface area contributed by atoms with Gasteiger partial charge in [-0.3, -0.25) is 10.1 Å². The van der Waals surface area contributed by atoms with E-state index in [9.17, 15) is 4.79 Å². The number of hydrogen-bond donors (Lipinski definition) is 2. The molecule has 0 fully saturated rings. The first-order valence-electron chi connectivity index (χ1n) is 5.53. The molecule has 0 radical (unpaired) electrons. The standard InChI is InChI=1S/C13H11N3OS/c1-8-7-15-13(18-8)16-12(17)10-2-3-11-9(6-10)4-5-14-11/h2-7,14H,1H3,(H,15,16,17). The van der Waals surface area contributed by atoms with Gasteiger partial charge in [-0.1, -0.05) is 0 Å². The largest absolute Gasteiger partial charge is 0.361 e. The van der Waals surface area contributed by atoms with Crippen molar-refractivity contribution < 1.29 is 4.79 Å². The molecule has 0 saturated heterocycles. The van der Waals surface area contributed by atoms with E-state index in [4.69, 9.17) is 0 Å². The summed E-state index contributed by atoms with van der Waals surface area (Å²) in [6.45, 7) is 1.96. The maximum Gasteiger partial charge on any atom is 0.257 e. The van der Waals surface area contributed by atoms with Gasteiger partial charge in [-0.15, -0.1) is 11.3 Å². The summed E-state index contributed by atoms with van der Waals surface area (Å²) in [6, 6.07) is 7.51. The van der Waals surface area contributed by atoms with Crippen LogP contribution in [0, 0.1) is 6.92 Å². The fourth-order valence-electron chi connectivity index (χ4n) is 1.78. The lowest BCUT2D eigenvalue weighted by atomic mass is 10.1. The van der Waals surface area contributed by atoms with Crippen LogP contribution in [0.4, 0.5) is 5.13 Å². The number of aromatic nitrogens is 2. The second kappa shape index (κ2) is 4.27. The number of carbonyl (C=O) groups excluding carboxylic acids is 1. The van der Waals surface area contributed by atoms with Crippen LogP contribution < -0.4 is 5.32 Å². The Bertz CT molecular complexity index is 714. The molecule has 5 heteroatoms. The summed E-state index contributed by atoms with van der Waals surface area (Å²) in [5, 5.41) is 4.45. The predicted molar refractivity (Wildman–Crippen MR) is 73.1 cm³/mol. The number of H-pyrrole nitrogens is 1. The molecule has 4 nitrogen and oxygen atoms in total. The molecule has 2 heterocycles. The summed E-state index contributed by atoms with van der Waals surface area (Å²) in [4.78, 5) is 20.3. The van der Waals surface area contributed by atoms with Gasteiger partial charge in [0.1, 0.15) is 0 Å². The Balaban J connectivity index is 1.87. The topological polar surface area (TPSA) is 57.8 Å². The number of aromatic amines is 1. The van der Waals surface area contributed by atoms with Crippen molar-refractivity contribution >= 4 is 33.3 Å². The van der Waals surface area contributed by atoms with E-state index in [0.29, 0.717) is 10.7 Å². The van der Waals surface area contributed by atoms with Crippen molar-refractivity contribution in [2.24, 2.45) is 0 Å². The van der Waals surface area contributed by atoms with Crippen molar-refractivity contribution in [2.75, 3.05) is 5.32 Å². The molecular weight excluding hydrogens is 246 g/mol. The average molecular weight is 257 g/mol. The lowest BCUT2D eigenvalue weighted by molar-refractivity contribution is 0.102. The van der Waals surface area contributed by atoms with E-state index in [2.05, 4.69) is 15.3 Å². The number of hydrogen-bond acceptors (Lipinski definition) is 3. The molecule has 0 unspecified atom stereocenters. The van der Waals surface area contributed by atoms with Crippen LogP contribution in [0.25, 0.3) is 10.9 Å². The Morgan fingerprint density at radius 1 is 1.39 bits per heavy atom. The summed E-state index contributed by atoms with van der Waals surface area (Å²) >= 11 is 1.47. The molecule has 0 spiro atoms. The van der Waals surface area contributed by atoms with Crippen LogP contribution in [0.2, 0.25) is 0 Å². The minimum Gasteiger partial charge on any atom is -0.361 e. The van der Waals surface area contributed by atoms with Crippen LogP contribution in [-0.2, 0) is 0 Å². The Kier molecular flexibility index (Phi) is 2.60. The fourth-order valence-corrected chi connectivity index (χ4v) is 2.44. The molecule has 2 aromatic heterocycles. The number of benzene rings is 1. The summed E-state index contributed by atoms with van der Waals surface area (Å²) in [7, 11) is 0. The Labute approximate surface area is 108 Å². The van der Waals surface area contributed by atoms with Crippen LogP contribution in [0.5, 0.6) is 0 Å². The highest BCUT2D eigenvalue weighted by atomic mass is 32.1. The highest BCUT2D eigenvalue weighted by Gasteiger charge is 2.09. The zero-order chi connectivity index (χ0) is 12.5. The molecule has 3 aromatic rings. The third kappa shape index (κ3) is 2.00. The van der Waals surface area contributed by atoms with Crippen molar-refractivity contribution in [3.63, 3.8) is 0 Å². The molecule has 3 rings (SSSR count). The number of fused-ring (bicyclic) bond motifs is 1. The molecule has 2 N–H and O–H groups in total. The summed E-state index contributed by atoms with van der Waals surface area (Å²) in [5.74, 6) is -0.132. The number of aryl methyl sites for hydroxylation is 1. The molecule has 0 aliphatic heterocycles. The minimum atomic E-state index is -0.132. The molecule has 18 heavy (non-hydrogen) atoms. The van der Waals surface area contributed by atoms with Gasteiger partial charge in [-0.2, -0.15) is 0 Å². The first kappa shape index (κ1) is 11.0. The number of anilines is 1. The van der Waals surface area contributed by atoms with E-state index in [0.717, 1.165) is 15.8 Å². The highest BCUT2D eigenvalue weighted by Crippen LogP contribution is 2.19. The van der Waals surface area contributed by atoms with Gasteiger partial charge in [0.05, 0.1) is 0 Å². The molecule has 0 saturated carbocycles. The average Bonchev–Trinajstić information content (AvgIpc) is 2.96. The number of thiazole rings is 1. The van der Waals surface area contributed by atoms with E-state index in [1.54, 1.807) is 12.3 Å². The summed E-state index contributed by atoms with van der Waals surface area (Å²) in [5.41, 5.74) is 1.66. The normalized spacial score (nSPS) is 10.7. The van der Waals surface area contributed by atoms with E-state index in [1.165, 1.54) is 11.3 Å². The van der Waals surface area contributed by atoms with Gasteiger partial charge < -0.3 is 4.98 Å². The molecule has 90 valence electrons. The Hall–Kier alpha value is -2.14. The summed E-state index contributed by atoms with van der Waals surface area (Å²) < 4.78 is 0. The van der Waals surface area contributed by atoms with Gasteiger partial charge in [0.15, 0.2) is 5.13 Å². The third-order valence-electron chi connectivity index (χ3n) is 2.66. The molecular formula is C13H11N3OS. The SMILES string of the molecule is Cc1cnc(NC(=O)c2ccc3[nH]ccc3c2)s1. The van der Waals surface area contributed by atoms with Crippen LogP contribution in [0.1, 0.15) is 15.2 Å². The van der Waals surface area contributed by atoms with E-state index in [1.807, 2.05) is 31.3 Å². The maximum absolute atomic E-state index is 12.0.